The Morgan fingerprint density at radius 3 is 2.27 bits per heavy atom. The molecule has 0 amide bonds. The van der Waals surface area contributed by atoms with E-state index in [0.29, 0.717) is 0 Å². The van der Waals surface area contributed by atoms with E-state index in [4.69, 9.17) is 4.84 Å². The number of nitrogens with zero attached hydrogens (tertiary/aromatic N) is 1. The molecular weight excluding hydrogens is 202 g/mol. The molecule has 0 unspecified atom stereocenters. The van der Waals surface area contributed by atoms with Gasteiger partial charge in [-0.3, -0.25) is 0 Å². The van der Waals surface area contributed by atoms with Crippen LogP contribution in [0.4, 0.5) is 0 Å². The molecule has 2 nitrogen and oxygen atoms in total. The Morgan fingerprint density at radius 1 is 1.13 bits per heavy atom. The molecular formula is C12H18NOSi. The third-order valence-electron chi connectivity index (χ3n) is 2.67. The summed E-state index contributed by atoms with van der Waals surface area (Å²) in [6, 6.07) is 4.03. The first-order valence-corrected chi connectivity index (χ1v) is 5.84. The lowest BCUT2D eigenvalue weighted by atomic mass is 10.1. The summed E-state index contributed by atoms with van der Waals surface area (Å²) in [7, 11) is 3.56. The Balaban J connectivity index is 2.91. The van der Waals surface area contributed by atoms with Crippen molar-refractivity contribution in [1.82, 2.24) is 5.06 Å². The fourth-order valence-corrected chi connectivity index (χ4v) is 1.66. The second kappa shape index (κ2) is 5.33. The molecule has 81 valence electrons. The smallest absolute Gasteiger partial charge is 0.150 e. The monoisotopic (exact) mass is 220 g/mol. The lowest BCUT2D eigenvalue weighted by molar-refractivity contribution is -0.0493. The lowest BCUT2D eigenvalue weighted by Gasteiger charge is -2.21. The Labute approximate surface area is 95.6 Å². The third kappa shape index (κ3) is 2.83. The van der Waals surface area contributed by atoms with Crippen LogP contribution < -0.4 is 10.0 Å². The zero-order chi connectivity index (χ0) is 11.4. The van der Waals surface area contributed by atoms with Crippen LogP contribution in [0.1, 0.15) is 25.0 Å². The largest absolute Gasteiger partial charge is 0.406 e. The van der Waals surface area contributed by atoms with Crippen LogP contribution in [0.3, 0.4) is 0 Å². The molecule has 3 heteroatoms. The molecule has 0 aromatic heterocycles. The number of benzene rings is 1. The van der Waals surface area contributed by atoms with Crippen LogP contribution in [-0.4, -0.2) is 28.4 Å². The molecule has 1 aromatic rings. The highest BCUT2D eigenvalue weighted by molar-refractivity contribution is 6.33. The summed E-state index contributed by atoms with van der Waals surface area (Å²) in [4.78, 5) is 5.79. The molecule has 1 aromatic carbocycles. The maximum absolute atomic E-state index is 5.79. The van der Waals surface area contributed by atoms with Crippen LogP contribution in [0.5, 0.6) is 5.75 Å². The van der Waals surface area contributed by atoms with Crippen molar-refractivity contribution in [3.8, 4) is 5.75 Å². The zero-order valence-electron chi connectivity index (χ0n) is 9.92. The van der Waals surface area contributed by atoms with E-state index in [1.54, 1.807) is 0 Å². The molecule has 1 rings (SSSR count). The summed E-state index contributed by atoms with van der Waals surface area (Å²) in [5, 5.41) is 3.06. The van der Waals surface area contributed by atoms with Crippen molar-refractivity contribution >= 4 is 15.4 Å². The minimum absolute atomic E-state index is 0.893. The van der Waals surface area contributed by atoms with Gasteiger partial charge in [0.25, 0.3) is 0 Å². The zero-order valence-corrected chi connectivity index (χ0v) is 10.9. The van der Waals surface area contributed by atoms with E-state index in [0.717, 1.165) is 24.0 Å². The Hall–Kier alpha value is -0.803. The second-order valence-corrected chi connectivity index (χ2v) is 4.11. The average Bonchev–Trinajstić information content (AvgIpc) is 2.25. The van der Waals surface area contributed by atoms with Crippen molar-refractivity contribution in [2.24, 2.45) is 0 Å². The molecule has 0 bridgehead atoms. The van der Waals surface area contributed by atoms with Gasteiger partial charge in [-0.05, 0) is 44.9 Å². The van der Waals surface area contributed by atoms with Crippen LogP contribution in [0.2, 0.25) is 0 Å². The predicted molar refractivity (Wildman–Crippen MR) is 64.9 cm³/mol. The topological polar surface area (TPSA) is 12.5 Å². The highest BCUT2D eigenvalue weighted by atomic mass is 28.1. The molecule has 3 radical (unpaired) electrons. The van der Waals surface area contributed by atoms with Crippen molar-refractivity contribution in [1.29, 1.82) is 0 Å². The van der Waals surface area contributed by atoms with Crippen LogP contribution in [0, 0.1) is 13.8 Å². The van der Waals surface area contributed by atoms with Crippen LogP contribution in [0.15, 0.2) is 12.1 Å². The van der Waals surface area contributed by atoms with Crippen LogP contribution >= 0.6 is 0 Å². The van der Waals surface area contributed by atoms with Crippen molar-refractivity contribution in [2.75, 3.05) is 13.1 Å². The molecule has 0 heterocycles. The molecule has 0 aliphatic carbocycles. The van der Waals surface area contributed by atoms with Crippen molar-refractivity contribution in [3.05, 3.63) is 23.3 Å². The van der Waals surface area contributed by atoms with Gasteiger partial charge in [-0.25, -0.2) is 0 Å². The van der Waals surface area contributed by atoms with E-state index >= 15 is 0 Å². The normalized spacial score (nSPS) is 10.8. The lowest BCUT2D eigenvalue weighted by Crippen LogP contribution is -2.27. The summed E-state index contributed by atoms with van der Waals surface area (Å²) in [5.41, 5.74) is 2.42. The van der Waals surface area contributed by atoms with E-state index in [-0.39, 0.29) is 0 Å². The summed E-state index contributed by atoms with van der Waals surface area (Å²) < 4.78 is 0. The summed E-state index contributed by atoms with van der Waals surface area (Å²) >= 11 is 0. The van der Waals surface area contributed by atoms with Gasteiger partial charge in [-0.15, -0.1) is 5.06 Å². The molecule has 0 aliphatic rings. The molecule has 0 spiro atoms. The average molecular weight is 220 g/mol. The maximum atomic E-state index is 5.79. The molecule has 0 saturated heterocycles. The van der Waals surface area contributed by atoms with Gasteiger partial charge in [0.15, 0.2) is 5.75 Å². The molecule has 0 saturated carbocycles. The van der Waals surface area contributed by atoms with Gasteiger partial charge < -0.3 is 4.84 Å². The van der Waals surface area contributed by atoms with Gasteiger partial charge in [0, 0.05) is 13.1 Å². The molecule has 0 fully saturated rings. The first kappa shape index (κ1) is 12.3. The van der Waals surface area contributed by atoms with Crippen molar-refractivity contribution < 1.29 is 4.84 Å². The van der Waals surface area contributed by atoms with Gasteiger partial charge in [0.1, 0.15) is 0 Å². The fourth-order valence-electron chi connectivity index (χ4n) is 1.39. The maximum Gasteiger partial charge on any atom is 0.150 e. The van der Waals surface area contributed by atoms with Crippen LogP contribution in [0.25, 0.3) is 0 Å². The highest BCUT2D eigenvalue weighted by Gasteiger charge is 2.07. The Bertz CT molecular complexity index is 335. The van der Waals surface area contributed by atoms with Gasteiger partial charge in [0.2, 0.25) is 0 Å². The first-order valence-electron chi connectivity index (χ1n) is 5.34. The van der Waals surface area contributed by atoms with E-state index in [1.807, 2.05) is 17.2 Å². The minimum Gasteiger partial charge on any atom is -0.406 e. The number of hydrogen-bond acceptors (Lipinski definition) is 2. The fraction of sp³-hybridized carbons (Fsp3) is 0.500. The molecule has 15 heavy (non-hydrogen) atoms. The van der Waals surface area contributed by atoms with Gasteiger partial charge >= 0.3 is 0 Å². The Kier molecular flexibility index (Phi) is 4.36. The van der Waals surface area contributed by atoms with E-state index in [2.05, 4.69) is 37.9 Å². The Morgan fingerprint density at radius 2 is 1.73 bits per heavy atom. The second-order valence-electron chi connectivity index (χ2n) is 3.57. The number of hydrogen-bond donors (Lipinski definition) is 0. The number of rotatable bonds is 4. The van der Waals surface area contributed by atoms with Crippen molar-refractivity contribution in [3.63, 3.8) is 0 Å². The van der Waals surface area contributed by atoms with E-state index in [9.17, 15) is 0 Å². The molecule has 0 N–H and O–H groups in total. The van der Waals surface area contributed by atoms with Gasteiger partial charge in [-0.2, -0.15) is 0 Å². The van der Waals surface area contributed by atoms with Crippen molar-refractivity contribution in [2.45, 2.75) is 27.7 Å². The third-order valence-corrected chi connectivity index (χ3v) is 3.21. The molecule has 0 aliphatic heterocycles. The standard InChI is InChI=1S/C12H18NOSi/c1-5-13(6-2)14-11-7-8-12(15)10(4)9(11)3/h7-8H,5-6H2,1-4H3. The summed E-state index contributed by atoms with van der Waals surface area (Å²) in [6.45, 7) is 10.1. The number of hydroxylamine groups is 2. The minimum atomic E-state index is 0.893. The van der Waals surface area contributed by atoms with Gasteiger partial charge in [-0.1, -0.05) is 11.3 Å². The summed E-state index contributed by atoms with van der Waals surface area (Å²) in [5.74, 6) is 0.943. The van der Waals surface area contributed by atoms with Crippen LogP contribution in [-0.2, 0) is 0 Å². The predicted octanol–water partition coefficient (Wildman–Crippen LogP) is 1.73. The van der Waals surface area contributed by atoms with E-state index < -0.39 is 0 Å². The van der Waals surface area contributed by atoms with E-state index in [1.165, 1.54) is 11.1 Å². The highest BCUT2D eigenvalue weighted by Crippen LogP contribution is 2.19. The summed E-state index contributed by atoms with van der Waals surface area (Å²) in [6.07, 6.45) is 0. The van der Waals surface area contributed by atoms with Gasteiger partial charge in [0.05, 0.1) is 10.2 Å². The molecule has 0 atom stereocenters. The quantitative estimate of drug-likeness (QED) is 0.566. The first-order chi connectivity index (χ1) is 7.10. The SMILES string of the molecule is CCN(CC)Oc1ccc([Si])c(C)c1C.